The summed E-state index contributed by atoms with van der Waals surface area (Å²) in [4.78, 5) is 14.5. The number of rotatable bonds is 8. The van der Waals surface area contributed by atoms with Gasteiger partial charge in [-0.15, -0.1) is 0 Å². The van der Waals surface area contributed by atoms with Gasteiger partial charge in [-0.25, -0.2) is 8.42 Å². The van der Waals surface area contributed by atoms with E-state index in [2.05, 4.69) is 28.8 Å². The fourth-order valence-electron chi connectivity index (χ4n) is 2.85. The van der Waals surface area contributed by atoms with E-state index in [-0.39, 0.29) is 16.2 Å². The Balaban J connectivity index is 2.03. The maximum atomic E-state index is 12.5. The molecule has 0 spiro atoms. The Morgan fingerprint density at radius 1 is 1.04 bits per heavy atom. The first-order valence-corrected chi connectivity index (χ1v) is 10.7. The van der Waals surface area contributed by atoms with E-state index in [0.717, 1.165) is 6.54 Å². The van der Waals surface area contributed by atoms with Gasteiger partial charge >= 0.3 is 0 Å². The maximum Gasteiger partial charge on any atom is 0.261 e. The monoisotopic (exact) mass is 423 g/mol. The van der Waals surface area contributed by atoms with Gasteiger partial charge in [0, 0.05) is 29.4 Å². The van der Waals surface area contributed by atoms with Crippen molar-refractivity contribution >= 4 is 33.2 Å². The number of carbonyl (C=O) groups is 1. The smallest absolute Gasteiger partial charge is 0.261 e. The highest BCUT2D eigenvalue weighted by atomic mass is 35.5. The molecule has 0 saturated heterocycles. The van der Waals surface area contributed by atoms with Gasteiger partial charge in [-0.1, -0.05) is 25.4 Å². The molecule has 0 saturated carbocycles. The fraction of sp³-hybridized carbons (Fsp3) is 0.350. The molecule has 0 bridgehead atoms. The summed E-state index contributed by atoms with van der Waals surface area (Å²) in [6, 6.07) is 12.2. The molecule has 6 nitrogen and oxygen atoms in total. The van der Waals surface area contributed by atoms with E-state index in [4.69, 9.17) is 11.6 Å². The van der Waals surface area contributed by atoms with E-state index in [0.29, 0.717) is 22.8 Å². The first-order chi connectivity index (χ1) is 13.0. The number of nitrogens with one attached hydrogen (secondary N) is 2. The highest BCUT2D eigenvalue weighted by Gasteiger charge is 2.20. The molecule has 0 radical (unpaired) electrons. The van der Waals surface area contributed by atoms with Crippen LogP contribution >= 0.6 is 11.6 Å². The molecule has 0 aliphatic rings. The van der Waals surface area contributed by atoms with Crippen LogP contribution in [0.3, 0.4) is 0 Å². The summed E-state index contributed by atoms with van der Waals surface area (Å²) in [7, 11) is 0.226. The second-order valence-electron chi connectivity index (χ2n) is 7.72. The Labute approximate surface area is 171 Å². The van der Waals surface area contributed by atoms with Crippen LogP contribution in [-0.2, 0) is 10.0 Å². The molecule has 2 N–H and O–H groups in total. The van der Waals surface area contributed by atoms with Crippen molar-refractivity contribution < 1.29 is 13.2 Å². The normalized spacial score (nSPS) is 12.1. The van der Waals surface area contributed by atoms with E-state index in [1.54, 1.807) is 24.3 Å². The highest BCUT2D eigenvalue weighted by Crippen LogP contribution is 2.19. The Hall–Kier alpha value is -2.09. The van der Waals surface area contributed by atoms with E-state index in [1.807, 2.05) is 14.1 Å². The zero-order valence-corrected chi connectivity index (χ0v) is 18.1. The molecule has 8 heteroatoms. The number of halogens is 1. The number of hydrogen-bond donors (Lipinski definition) is 2. The molecule has 2 aromatic carbocycles. The van der Waals surface area contributed by atoms with Crippen LogP contribution < -0.4 is 10.0 Å². The van der Waals surface area contributed by atoms with Gasteiger partial charge < -0.3 is 10.2 Å². The van der Waals surface area contributed by atoms with Crippen LogP contribution in [0, 0.1) is 5.41 Å². The zero-order chi connectivity index (χ0) is 20.9. The van der Waals surface area contributed by atoms with Crippen LogP contribution in [0.15, 0.2) is 53.4 Å². The van der Waals surface area contributed by atoms with Crippen LogP contribution in [0.25, 0.3) is 0 Å². The van der Waals surface area contributed by atoms with E-state index < -0.39 is 10.0 Å². The largest absolute Gasteiger partial charge is 0.351 e. The molecule has 1 amide bonds. The van der Waals surface area contributed by atoms with Crippen molar-refractivity contribution in [2.45, 2.75) is 18.7 Å². The first kappa shape index (κ1) is 22.2. The number of hydrogen-bond acceptors (Lipinski definition) is 4. The lowest BCUT2D eigenvalue weighted by atomic mass is 9.93. The van der Waals surface area contributed by atoms with Crippen LogP contribution in [0.2, 0.25) is 5.02 Å². The SMILES string of the molecule is CN(C)CC(C)(C)CNC(=O)c1ccc(S(=O)(=O)Nc2ccc(Cl)cc2)cc1. The van der Waals surface area contributed by atoms with Gasteiger partial charge in [0.1, 0.15) is 0 Å². The van der Waals surface area contributed by atoms with Crippen LogP contribution in [-0.4, -0.2) is 46.4 Å². The molecule has 2 rings (SSSR count). The minimum atomic E-state index is -3.75. The number of anilines is 1. The van der Waals surface area contributed by atoms with Crippen molar-refractivity contribution in [1.29, 1.82) is 0 Å². The summed E-state index contributed by atoms with van der Waals surface area (Å²) >= 11 is 5.81. The van der Waals surface area contributed by atoms with Gasteiger partial charge in [0.05, 0.1) is 4.90 Å². The number of nitrogens with zero attached hydrogens (tertiary/aromatic N) is 1. The van der Waals surface area contributed by atoms with E-state index in [9.17, 15) is 13.2 Å². The Morgan fingerprint density at radius 2 is 1.61 bits per heavy atom. The molecule has 0 unspecified atom stereocenters. The second kappa shape index (κ2) is 8.94. The Bertz CT molecular complexity index is 909. The second-order valence-corrected chi connectivity index (χ2v) is 9.84. The van der Waals surface area contributed by atoms with Crippen molar-refractivity contribution in [1.82, 2.24) is 10.2 Å². The Kier molecular flexibility index (Phi) is 7.09. The molecule has 0 fully saturated rings. The zero-order valence-electron chi connectivity index (χ0n) is 16.5. The molecule has 0 aliphatic carbocycles. The molecule has 0 atom stereocenters. The minimum Gasteiger partial charge on any atom is -0.351 e. The van der Waals surface area contributed by atoms with Crippen molar-refractivity contribution in [3.8, 4) is 0 Å². The van der Waals surface area contributed by atoms with E-state index in [1.165, 1.54) is 24.3 Å². The Morgan fingerprint density at radius 3 is 2.14 bits per heavy atom. The number of amides is 1. The predicted molar refractivity (Wildman–Crippen MR) is 113 cm³/mol. The maximum absolute atomic E-state index is 12.5. The fourth-order valence-corrected chi connectivity index (χ4v) is 4.04. The third kappa shape index (κ3) is 6.51. The van der Waals surface area contributed by atoms with Gasteiger partial charge in [0.25, 0.3) is 15.9 Å². The molecule has 2 aromatic rings. The van der Waals surface area contributed by atoms with Gasteiger partial charge in [-0.05, 0) is 68.0 Å². The first-order valence-electron chi connectivity index (χ1n) is 8.80. The summed E-state index contributed by atoms with van der Waals surface area (Å²) in [5, 5.41) is 3.43. The van der Waals surface area contributed by atoms with E-state index >= 15 is 0 Å². The number of sulfonamides is 1. The van der Waals surface area contributed by atoms with Crippen molar-refractivity contribution in [2.75, 3.05) is 31.9 Å². The average Bonchev–Trinajstić information content (AvgIpc) is 2.60. The van der Waals surface area contributed by atoms with Crippen molar-refractivity contribution in [2.24, 2.45) is 5.41 Å². The van der Waals surface area contributed by atoms with Crippen LogP contribution in [0.4, 0.5) is 5.69 Å². The van der Waals surface area contributed by atoms with Crippen molar-refractivity contribution in [3.05, 3.63) is 59.1 Å². The summed E-state index contributed by atoms with van der Waals surface area (Å²) in [5.74, 6) is -0.235. The summed E-state index contributed by atoms with van der Waals surface area (Å²) in [6.07, 6.45) is 0. The van der Waals surface area contributed by atoms with Gasteiger partial charge in [0.2, 0.25) is 0 Å². The molecule has 0 aliphatic heterocycles. The standard InChI is InChI=1S/C20H26ClN3O3S/c1-20(2,14-24(3)4)13-22-19(25)15-5-11-18(12-6-15)28(26,27)23-17-9-7-16(21)8-10-17/h5-12,23H,13-14H2,1-4H3,(H,22,25). The topological polar surface area (TPSA) is 78.5 Å². The summed E-state index contributed by atoms with van der Waals surface area (Å²) in [5.41, 5.74) is 0.741. The predicted octanol–water partition coefficient (Wildman–Crippen LogP) is 3.46. The average molecular weight is 424 g/mol. The lowest BCUT2D eigenvalue weighted by Crippen LogP contribution is -2.39. The lowest BCUT2D eigenvalue weighted by molar-refractivity contribution is 0.0929. The quantitative estimate of drug-likeness (QED) is 0.681. The van der Waals surface area contributed by atoms with Crippen LogP contribution in [0.5, 0.6) is 0 Å². The molecule has 28 heavy (non-hydrogen) atoms. The molecule has 0 aromatic heterocycles. The third-order valence-corrected chi connectivity index (χ3v) is 5.64. The molecule has 152 valence electrons. The van der Waals surface area contributed by atoms with Crippen LogP contribution in [0.1, 0.15) is 24.2 Å². The molecular formula is C20H26ClN3O3S. The van der Waals surface area contributed by atoms with Gasteiger partial charge in [-0.2, -0.15) is 0 Å². The van der Waals surface area contributed by atoms with Gasteiger partial charge in [0.15, 0.2) is 0 Å². The minimum absolute atomic E-state index is 0.0759. The summed E-state index contributed by atoms with van der Waals surface area (Å²) < 4.78 is 27.4. The lowest BCUT2D eigenvalue weighted by Gasteiger charge is -2.28. The van der Waals surface area contributed by atoms with Gasteiger partial charge in [-0.3, -0.25) is 9.52 Å². The molecular weight excluding hydrogens is 398 g/mol. The third-order valence-electron chi connectivity index (χ3n) is 4.00. The molecule has 0 heterocycles. The number of carbonyl (C=O) groups excluding carboxylic acids is 1. The number of benzene rings is 2. The van der Waals surface area contributed by atoms with Crippen molar-refractivity contribution in [3.63, 3.8) is 0 Å². The summed E-state index contributed by atoms with van der Waals surface area (Å²) in [6.45, 7) is 5.50. The highest BCUT2D eigenvalue weighted by molar-refractivity contribution is 7.92.